The van der Waals surface area contributed by atoms with Crippen molar-refractivity contribution >= 4 is 11.8 Å². The quantitative estimate of drug-likeness (QED) is 0.434. The Morgan fingerprint density at radius 1 is 0.912 bits per heavy atom. The summed E-state index contributed by atoms with van der Waals surface area (Å²) in [5, 5.41) is 21.3. The molecule has 5 rings (SSSR count). The van der Waals surface area contributed by atoms with Gasteiger partial charge in [0.25, 0.3) is 0 Å². The van der Waals surface area contributed by atoms with Crippen LogP contribution >= 0.6 is 0 Å². The maximum atomic E-state index is 12.9. The minimum atomic E-state index is -0.877. The van der Waals surface area contributed by atoms with Gasteiger partial charge in [-0.15, -0.1) is 0 Å². The number of hydrogen-bond donors (Lipinski definition) is 2. The van der Waals surface area contributed by atoms with Crippen molar-refractivity contribution < 1.29 is 19.8 Å². The molecule has 0 bridgehead atoms. The molecule has 0 saturated heterocycles. The Balaban J connectivity index is 1.59. The molecule has 0 aromatic carbocycles. The first kappa shape index (κ1) is 24.5. The van der Waals surface area contributed by atoms with E-state index in [9.17, 15) is 19.8 Å². The molecule has 0 spiro atoms. The Labute approximate surface area is 206 Å². The van der Waals surface area contributed by atoms with E-state index in [0.717, 1.165) is 38.5 Å². The molecule has 0 aliphatic heterocycles. The number of allylic oxidation sites excluding steroid dienone is 2. The van der Waals surface area contributed by atoms with Crippen LogP contribution in [0.1, 0.15) is 106 Å². The van der Waals surface area contributed by atoms with Crippen LogP contribution in [-0.4, -0.2) is 28.1 Å². The van der Waals surface area contributed by atoms with Crippen LogP contribution in [0.4, 0.5) is 0 Å². The smallest absolute Gasteiger partial charge is 0.309 e. The summed E-state index contributed by atoms with van der Waals surface area (Å²) in [5.74, 6) is 0.740. The van der Waals surface area contributed by atoms with Gasteiger partial charge in [0.05, 0.1) is 11.5 Å². The molecule has 4 heteroatoms. The standard InChI is InChI=1S/C30H46O4/c1-25(2)20-10-13-30(7)21(28(20,5)12-11-22(25)31)9-8-18-19-16-26(3,24(33)34)17-23(32)27(19,4)14-15-29(18,30)6/h8,19-21,23,32H,9-17H2,1-7H3,(H,33,34)/t19-,20+,21-,23-,26+,27-,28+,29-,30-/m1/s1. The number of carboxylic acids is 1. The molecule has 190 valence electrons. The van der Waals surface area contributed by atoms with Gasteiger partial charge in [-0.25, -0.2) is 0 Å². The minimum Gasteiger partial charge on any atom is -0.481 e. The maximum absolute atomic E-state index is 12.9. The normalized spacial score (nSPS) is 54.1. The van der Waals surface area contributed by atoms with E-state index < -0.39 is 17.5 Å². The fourth-order valence-electron chi connectivity index (χ4n) is 10.5. The van der Waals surface area contributed by atoms with Gasteiger partial charge in [-0.3, -0.25) is 9.59 Å². The van der Waals surface area contributed by atoms with Crippen LogP contribution in [-0.2, 0) is 9.59 Å². The van der Waals surface area contributed by atoms with Crippen molar-refractivity contribution in [2.24, 2.45) is 50.2 Å². The van der Waals surface area contributed by atoms with Gasteiger partial charge in [-0.05, 0) is 92.3 Å². The molecule has 5 aliphatic rings. The van der Waals surface area contributed by atoms with Crippen molar-refractivity contribution in [2.45, 2.75) is 112 Å². The average Bonchev–Trinajstić information content (AvgIpc) is 2.73. The van der Waals surface area contributed by atoms with Gasteiger partial charge in [0.15, 0.2) is 0 Å². The number of hydrogen-bond acceptors (Lipinski definition) is 3. The fraction of sp³-hybridized carbons (Fsp3) is 0.867. The summed E-state index contributed by atoms with van der Waals surface area (Å²) in [4.78, 5) is 25.2. The lowest BCUT2D eigenvalue weighted by Crippen LogP contribution is -2.65. The van der Waals surface area contributed by atoms with E-state index in [-0.39, 0.29) is 33.0 Å². The van der Waals surface area contributed by atoms with Crippen molar-refractivity contribution in [1.82, 2.24) is 0 Å². The molecule has 34 heavy (non-hydrogen) atoms. The number of aliphatic carboxylic acids is 1. The summed E-state index contributed by atoms with van der Waals surface area (Å²) >= 11 is 0. The highest BCUT2D eigenvalue weighted by Gasteiger charge is 2.69. The topological polar surface area (TPSA) is 74.6 Å². The molecule has 5 aliphatic carbocycles. The first-order valence-corrected chi connectivity index (χ1v) is 13.7. The summed E-state index contributed by atoms with van der Waals surface area (Å²) in [5.41, 5.74) is 0.360. The first-order chi connectivity index (χ1) is 15.6. The molecule has 4 saturated carbocycles. The number of carboxylic acid groups (broad SMARTS) is 1. The lowest BCUT2D eigenvalue weighted by atomic mass is 9.33. The van der Waals surface area contributed by atoms with Gasteiger partial charge in [-0.2, -0.15) is 0 Å². The van der Waals surface area contributed by atoms with Gasteiger partial charge in [0, 0.05) is 17.3 Å². The number of rotatable bonds is 1. The van der Waals surface area contributed by atoms with Crippen LogP contribution in [0.15, 0.2) is 11.6 Å². The van der Waals surface area contributed by atoms with E-state index in [1.165, 1.54) is 5.57 Å². The minimum absolute atomic E-state index is 0.0101. The molecule has 0 unspecified atom stereocenters. The predicted molar refractivity (Wildman–Crippen MR) is 133 cm³/mol. The summed E-state index contributed by atoms with van der Waals surface area (Å²) < 4.78 is 0. The monoisotopic (exact) mass is 470 g/mol. The Bertz CT molecular complexity index is 965. The number of carbonyl (C=O) groups is 2. The van der Waals surface area contributed by atoms with Gasteiger partial charge >= 0.3 is 5.97 Å². The van der Waals surface area contributed by atoms with Gasteiger partial charge in [-0.1, -0.05) is 53.2 Å². The Morgan fingerprint density at radius 3 is 2.24 bits per heavy atom. The van der Waals surface area contributed by atoms with Crippen LogP contribution in [0.3, 0.4) is 0 Å². The SMILES string of the molecule is CC1(C)C(=O)CC[C@]2(C)[C@H]3CC=C4[C@H]5C[C@](C)(C(=O)O)C[C@@H](O)[C@]5(C)CC[C@@]4(C)[C@]3(C)CC[C@@H]12. The van der Waals surface area contributed by atoms with Gasteiger partial charge in [0.2, 0.25) is 0 Å². The van der Waals surface area contributed by atoms with Crippen LogP contribution < -0.4 is 0 Å². The summed E-state index contributed by atoms with van der Waals surface area (Å²) in [7, 11) is 0. The molecule has 0 aromatic heterocycles. The molecule has 0 aromatic rings. The second-order valence-corrected chi connectivity index (χ2v) is 14.8. The average molecular weight is 471 g/mol. The molecule has 0 amide bonds. The van der Waals surface area contributed by atoms with Crippen molar-refractivity contribution in [1.29, 1.82) is 0 Å². The third kappa shape index (κ3) is 2.75. The lowest BCUT2D eigenvalue weighted by Gasteiger charge is -2.71. The fourth-order valence-corrected chi connectivity index (χ4v) is 10.5. The summed E-state index contributed by atoms with van der Waals surface area (Å²) in [6, 6.07) is 0. The molecular weight excluding hydrogens is 424 g/mol. The third-order valence-electron chi connectivity index (χ3n) is 13.2. The lowest BCUT2D eigenvalue weighted by molar-refractivity contribution is -0.193. The predicted octanol–water partition coefficient (Wildman–Crippen LogP) is 6.41. The second kappa shape index (κ2) is 6.99. The van der Waals surface area contributed by atoms with Crippen LogP contribution in [0.5, 0.6) is 0 Å². The first-order valence-electron chi connectivity index (χ1n) is 13.7. The number of carbonyl (C=O) groups excluding carboxylic acids is 1. The molecule has 0 heterocycles. The zero-order valence-corrected chi connectivity index (χ0v) is 22.5. The second-order valence-electron chi connectivity index (χ2n) is 14.8. The van der Waals surface area contributed by atoms with Gasteiger partial charge < -0.3 is 10.2 Å². The largest absolute Gasteiger partial charge is 0.481 e. The molecule has 9 atom stereocenters. The molecule has 2 N–H and O–H groups in total. The van der Waals surface area contributed by atoms with E-state index in [1.807, 2.05) is 6.92 Å². The highest BCUT2D eigenvalue weighted by atomic mass is 16.4. The van der Waals surface area contributed by atoms with E-state index in [4.69, 9.17) is 0 Å². The van der Waals surface area contributed by atoms with E-state index in [1.54, 1.807) is 0 Å². The van der Waals surface area contributed by atoms with Gasteiger partial charge in [0.1, 0.15) is 5.78 Å². The van der Waals surface area contributed by atoms with Crippen molar-refractivity contribution in [3.63, 3.8) is 0 Å². The number of ketones is 1. The highest BCUT2D eigenvalue weighted by molar-refractivity contribution is 5.85. The third-order valence-corrected chi connectivity index (χ3v) is 13.2. The number of Topliss-reactive ketones (excluding diaryl/α,β-unsaturated/α-hetero) is 1. The van der Waals surface area contributed by atoms with Crippen molar-refractivity contribution in [3.05, 3.63) is 11.6 Å². The molecule has 4 fully saturated rings. The Morgan fingerprint density at radius 2 is 1.59 bits per heavy atom. The highest BCUT2D eigenvalue weighted by Crippen LogP contribution is 2.75. The Kier molecular flexibility index (Phi) is 5.04. The van der Waals surface area contributed by atoms with E-state index in [0.29, 0.717) is 36.9 Å². The van der Waals surface area contributed by atoms with E-state index >= 15 is 0 Å². The maximum Gasteiger partial charge on any atom is 0.309 e. The van der Waals surface area contributed by atoms with Crippen LogP contribution in [0.2, 0.25) is 0 Å². The molecular formula is C30H46O4. The number of aliphatic hydroxyl groups is 1. The van der Waals surface area contributed by atoms with Crippen molar-refractivity contribution in [2.75, 3.05) is 0 Å². The van der Waals surface area contributed by atoms with Crippen LogP contribution in [0, 0.1) is 50.2 Å². The Hall–Kier alpha value is -1.16. The van der Waals surface area contributed by atoms with E-state index in [2.05, 4.69) is 47.6 Å². The zero-order valence-electron chi connectivity index (χ0n) is 22.5. The van der Waals surface area contributed by atoms with Crippen LogP contribution in [0.25, 0.3) is 0 Å². The molecule has 4 nitrogen and oxygen atoms in total. The number of fused-ring (bicyclic) bond motifs is 7. The summed E-state index contributed by atoms with van der Waals surface area (Å²) in [6.45, 7) is 15.9. The van der Waals surface area contributed by atoms with Crippen molar-refractivity contribution in [3.8, 4) is 0 Å². The number of aliphatic hydroxyl groups excluding tert-OH is 1. The zero-order chi connectivity index (χ0) is 25.1. The summed E-state index contributed by atoms with van der Waals surface area (Å²) in [6.07, 6.45) is 9.84. The molecule has 0 radical (unpaired) electrons.